The summed E-state index contributed by atoms with van der Waals surface area (Å²) >= 11 is 1.83. The van der Waals surface area contributed by atoms with Gasteiger partial charge in [0.05, 0.1) is 16.3 Å². The molecule has 4 aromatic rings. The molecule has 3 aliphatic heterocycles. The van der Waals surface area contributed by atoms with Gasteiger partial charge in [-0.25, -0.2) is 9.97 Å². The number of likely N-dealkylation sites (tertiary alicyclic amines) is 1. The predicted octanol–water partition coefficient (Wildman–Crippen LogP) is 5.01. The molecule has 202 valence electrons. The van der Waals surface area contributed by atoms with Crippen LogP contribution in [0, 0.1) is 5.92 Å². The van der Waals surface area contributed by atoms with Crippen LogP contribution in [0.5, 0.6) is 0 Å². The van der Waals surface area contributed by atoms with E-state index in [0.29, 0.717) is 23.8 Å². The summed E-state index contributed by atoms with van der Waals surface area (Å²) in [4.78, 5) is 40.4. The van der Waals surface area contributed by atoms with E-state index in [1.807, 2.05) is 28.1 Å². The number of imidazole rings is 1. The SMILES string of the molecule is C[C@H]1CC[C@H](c2ccc3sc(C45CCC(CC4)N(C)C5)nc3c2)N(C(=O)C(=O)Nc2ccn3ccnc3c2)C1. The third kappa shape index (κ3) is 4.32. The maximum atomic E-state index is 13.5. The molecule has 2 bridgehead atoms. The van der Waals surface area contributed by atoms with Gasteiger partial charge in [-0.05, 0) is 75.3 Å². The van der Waals surface area contributed by atoms with Gasteiger partial charge in [-0.1, -0.05) is 13.0 Å². The summed E-state index contributed by atoms with van der Waals surface area (Å²) < 4.78 is 3.06. The van der Waals surface area contributed by atoms with E-state index in [1.165, 1.54) is 35.4 Å². The van der Waals surface area contributed by atoms with E-state index in [4.69, 9.17) is 4.98 Å². The Bertz CT molecular complexity index is 1570. The monoisotopic (exact) mass is 542 g/mol. The highest BCUT2D eigenvalue weighted by molar-refractivity contribution is 7.18. The van der Waals surface area contributed by atoms with Crippen LogP contribution >= 0.6 is 11.3 Å². The van der Waals surface area contributed by atoms with Gasteiger partial charge in [-0.15, -0.1) is 11.3 Å². The van der Waals surface area contributed by atoms with Crippen molar-refractivity contribution in [1.29, 1.82) is 0 Å². The summed E-state index contributed by atoms with van der Waals surface area (Å²) in [6.07, 6.45) is 12.2. The Kier molecular flexibility index (Phi) is 5.97. The zero-order chi connectivity index (χ0) is 26.7. The highest BCUT2D eigenvalue weighted by Gasteiger charge is 2.46. The summed E-state index contributed by atoms with van der Waals surface area (Å²) in [6.45, 7) is 3.80. The quantitative estimate of drug-likeness (QED) is 0.368. The Balaban J connectivity index is 1.14. The minimum Gasteiger partial charge on any atom is -0.327 e. The van der Waals surface area contributed by atoms with Gasteiger partial charge in [0, 0.05) is 54.9 Å². The molecule has 1 saturated carbocycles. The molecule has 1 N–H and O–H groups in total. The van der Waals surface area contributed by atoms with Gasteiger partial charge >= 0.3 is 11.8 Å². The Morgan fingerprint density at radius 1 is 1.08 bits per heavy atom. The minimum absolute atomic E-state index is 0.141. The Morgan fingerprint density at radius 3 is 2.74 bits per heavy atom. The largest absolute Gasteiger partial charge is 0.327 e. The molecule has 0 radical (unpaired) electrons. The zero-order valence-electron chi connectivity index (χ0n) is 22.5. The molecule has 4 aliphatic rings. The first-order valence-corrected chi connectivity index (χ1v) is 14.9. The molecule has 2 amide bonds. The van der Waals surface area contributed by atoms with Gasteiger partial charge in [0.25, 0.3) is 0 Å². The number of hydrogen-bond acceptors (Lipinski definition) is 6. The lowest BCUT2D eigenvalue weighted by Crippen LogP contribution is -2.54. The summed E-state index contributed by atoms with van der Waals surface area (Å²) in [5, 5.41) is 4.06. The average molecular weight is 543 g/mol. The fraction of sp³-hybridized carbons (Fsp3) is 0.467. The summed E-state index contributed by atoms with van der Waals surface area (Å²) in [5.41, 5.74) is 3.53. The maximum absolute atomic E-state index is 13.5. The second-order valence-corrected chi connectivity index (χ2v) is 12.9. The van der Waals surface area contributed by atoms with Gasteiger partial charge in [0.1, 0.15) is 10.7 Å². The van der Waals surface area contributed by atoms with Crippen molar-refractivity contribution in [2.75, 3.05) is 25.5 Å². The number of amides is 2. The molecule has 1 aromatic carbocycles. The average Bonchev–Trinajstić information content (AvgIpc) is 3.60. The van der Waals surface area contributed by atoms with Crippen LogP contribution in [0.25, 0.3) is 15.9 Å². The fourth-order valence-corrected chi connectivity index (χ4v) is 8.23. The standard InChI is InChI=1S/C30H34N6O2S/c1-19-3-5-24(36(17-19)28(38)27(37)32-21-9-13-35-14-12-31-26(35)16-21)20-4-6-25-23(15-20)33-29(39-25)30-10-7-22(8-11-30)34(2)18-30/h4,6,9,12-16,19,22,24H,3,5,7-8,10-11,17-18H2,1-2H3,(H,32,37)/t19-,22?,24+,30?/m0/s1. The Morgan fingerprint density at radius 2 is 1.92 bits per heavy atom. The van der Waals surface area contributed by atoms with Crippen molar-refractivity contribution < 1.29 is 9.59 Å². The number of piperidine rings is 3. The van der Waals surface area contributed by atoms with Crippen molar-refractivity contribution in [1.82, 2.24) is 24.2 Å². The van der Waals surface area contributed by atoms with Crippen LogP contribution in [0.4, 0.5) is 5.69 Å². The molecule has 6 heterocycles. The second kappa shape index (κ2) is 9.41. The smallest absolute Gasteiger partial charge is 0.313 e. The van der Waals surface area contributed by atoms with E-state index < -0.39 is 11.8 Å². The van der Waals surface area contributed by atoms with Crippen molar-refractivity contribution in [3.8, 4) is 0 Å². The molecule has 39 heavy (non-hydrogen) atoms. The molecule has 2 atom stereocenters. The van der Waals surface area contributed by atoms with Gasteiger partial charge in [-0.3, -0.25) is 9.59 Å². The van der Waals surface area contributed by atoms with Crippen molar-refractivity contribution >= 4 is 44.7 Å². The van der Waals surface area contributed by atoms with Crippen molar-refractivity contribution in [2.45, 2.75) is 62.9 Å². The number of aromatic nitrogens is 3. The van der Waals surface area contributed by atoms with E-state index in [0.717, 1.165) is 36.5 Å². The number of likely N-dealkylation sites (N-methyl/N-ethyl adjacent to an activating group) is 1. The molecular weight excluding hydrogens is 508 g/mol. The summed E-state index contributed by atoms with van der Waals surface area (Å²) in [5.74, 6) is -0.765. The lowest BCUT2D eigenvalue weighted by atomic mass is 9.68. The van der Waals surface area contributed by atoms with E-state index in [9.17, 15) is 9.59 Å². The van der Waals surface area contributed by atoms with Crippen LogP contribution < -0.4 is 5.32 Å². The van der Waals surface area contributed by atoms with E-state index in [2.05, 4.69) is 47.4 Å². The number of rotatable bonds is 3. The highest BCUT2D eigenvalue weighted by Crippen LogP contribution is 2.48. The molecule has 1 aliphatic carbocycles. The third-order valence-corrected chi connectivity index (χ3v) is 10.5. The number of carbonyl (C=O) groups excluding carboxylic acids is 2. The van der Waals surface area contributed by atoms with Gasteiger partial charge in [0.15, 0.2) is 0 Å². The molecule has 0 unspecified atom stereocenters. The van der Waals surface area contributed by atoms with Crippen LogP contribution in [0.3, 0.4) is 0 Å². The molecule has 4 fully saturated rings. The first kappa shape index (κ1) is 24.7. The normalized spacial score (nSPS) is 27.3. The van der Waals surface area contributed by atoms with Crippen LogP contribution in [0.1, 0.15) is 62.1 Å². The van der Waals surface area contributed by atoms with E-state index >= 15 is 0 Å². The first-order chi connectivity index (χ1) is 18.9. The summed E-state index contributed by atoms with van der Waals surface area (Å²) in [6, 6.07) is 10.6. The van der Waals surface area contributed by atoms with Crippen molar-refractivity contribution in [3.63, 3.8) is 0 Å². The molecule has 3 aromatic heterocycles. The number of hydrogen-bond donors (Lipinski definition) is 1. The minimum atomic E-state index is -0.613. The lowest BCUT2D eigenvalue weighted by molar-refractivity contribution is -0.146. The molecule has 8 rings (SSSR count). The molecule has 8 nitrogen and oxygen atoms in total. The number of benzene rings is 1. The second-order valence-electron chi connectivity index (χ2n) is 11.9. The number of thiazole rings is 1. The maximum Gasteiger partial charge on any atom is 0.313 e. The topological polar surface area (TPSA) is 82.8 Å². The Hall–Kier alpha value is -3.30. The zero-order valence-corrected chi connectivity index (χ0v) is 23.3. The highest BCUT2D eigenvalue weighted by atomic mass is 32.1. The number of fused-ring (bicyclic) bond motifs is 5. The Labute approximate surface area is 232 Å². The number of carbonyl (C=O) groups is 2. The first-order valence-electron chi connectivity index (χ1n) is 14.0. The number of anilines is 1. The number of nitrogens with zero attached hydrogens (tertiary/aromatic N) is 5. The van der Waals surface area contributed by atoms with Crippen LogP contribution in [-0.4, -0.2) is 62.2 Å². The van der Waals surface area contributed by atoms with Crippen LogP contribution in [-0.2, 0) is 15.0 Å². The number of nitrogens with one attached hydrogen (secondary N) is 1. The third-order valence-electron chi connectivity index (χ3n) is 9.27. The van der Waals surface area contributed by atoms with E-state index in [-0.39, 0.29) is 11.5 Å². The molecule has 0 spiro atoms. The molecule has 9 heteroatoms. The van der Waals surface area contributed by atoms with Gasteiger partial charge < -0.3 is 19.5 Å². The van der Waals surface area contributed by atoms with Gasteiger partial charge in [-0.2, -0.15) is 0 Å². The summed E-state index contributed by atoms with van der Waals surface area (Å²) in [7, 11) is 2.25. The number of pyridine rings is 1. The molecule has 3 saturated heterocycles. The molecular formula is C30H34N6O2S. The van der Waals surface area contributed by atoms with Crippen molar-refractivity contribution in [3.05, 3.63) is 59.5 Å². The lowest BCUT2D eigenvalue weighted by Gasteiger charge is -2.50. The van der Waals surface area contributed by atoms with Crippen molar-refractivity contribution in [2.24, 2.45) is 5.92 Å². The van der Waals surface area contributed by atoms with Gasteiger partial charge in [0.2, 0.25) is 0 Å². The fourth-order valence-electron chi connectivity index (χ4n) is 7.05. The van der Waals surface area contributed by atoms with Crippen LogP contribution in [0.15, 0.2) is 48.9 Å². The van der Waals surface area contributed by atoms with Crippen LogP contribution in [0.2, 0.25) is 0 Å². The predicted molar refractivity (Wildman–Crippen MR) is 153 cm³/mol. The van der Waals surface area contributed by atoms with E-state index in [1.54, 1.807) is 23.2 Å².